The summed E-state index contributed by atoms with van der Waals surface area (Å²) >= 11 is 1.66. The number of hydrogen-bond acceptors (Lipinski definition) is 5. The van der Waals surface area contributed by atoms with Gasteiger partial charge in [0.2, 0.25) is 0 Å². The minimum absolute atomic E-state index is 0.503. The van der Waals surface area contributed by atoms with Crippen molar-refractivity contribution in [3.63, 3.8) is 0 Å². The van der Waals surface area contributed by atoms with Crippen molar-refractivity contribution in [2.75, 3.05) is 17.7 Å². The highest BCUT2D eigenvalue weighted by Gasteiger charge is 2.10. The summed E-state index contributed by atoms with van der Waals surface area (Å²) in [6.45, 7) is 0.731. The average molecular weight is 244 g/mol. The number of rotatable bonds is 3. The maximum Gasteiger partial charge on any atom is 0.146 e. The van der Waals surface area contributed by atoms with Crippen LogP contribution in [0.4, 0.5) is 11.5 Å². The third kappa shape index (κ3) is 2.55. The van der Waals surface area contributed by atoms with Crippen LogP contribution in [0.1, 0.15) is 11.1 Å². The first-order chi connectivity index (χ1) is 8.20. The van der Waals surface area contributed by atoms with Crippen molar-refractivity contribution in [1.29, 1.82) is 5.26 Å². The molecular weight excluding hydrogens is 232 g/mol. The Labute approximate surface area is 104 Å². The lowest BCUT2D eigenvalue weighted by Crippen LogP contribution is -2.18. The van der Waals surface area contributed by atoms with E-state index in [0.29, 0.717) is 17.1 Å². The molecule has 4 nitrogen and oxygen atoms in total. The fourth-order valence-electron chi connectivity index (χ4n) is 1.59. The smallest absolute Gasteiger partial charge is 0.146 e. The van der Waals surface area contributed by atoms with Gasteiger partial charge < -0.3 is 10.6 Å². The van der Waals surface area contributed by atoms with E-state index in [1.54, 1.807) is 23.6 Å². The van der Waals surface area contributed by atoms with Crippen LogP contribution in [0, 0.1) is 11.3 Å². The van der Waals surface area contributed by atoms with E-state index >= 15 is 0 Å². The first kappa shape index (κ1) is 11.4. The third-order valence-electron chi connectivity index (χ3n) is 2.37. The van der Waals surface area contributed by atoms with Gasteiger partial charge in [-0.1, -0.05) is 0 Å². The fourth-order valence-corrected chi connectivity index (χ4v) is 2.25. The van der Waals surface area contributed by atoms with Crippen molar-refractivity contribution in [3.05, 3.63) is 40.2 Å². The molecule has 0 aliphatic heterocycles. The zero-order valence-corrected chi connectivity index (χ0v) is 10.2. The highest BCUT2D eigenvalue weighted by atomic mass is 32.1. The van der Waals surface area contributed by atoms with Gasteiger partial charge in [-0.15, -0.1) is 0 Å². The van der Waals surface area contributed by atoms with Crippen LogP contribution in [-0.4, -0.2) is 12.0 Å². The molecule has 0 bridgehead atoms. The minimum Gasteiger partial charge on any atom is -0.397 e. The number of nitrogen functional groups attached to an aromatic ring is 1. The van der Waals surface area contributed by atoms with Gasteiger partial charge in [-0.05, 0) is 28.5 Å². The molecule has 17 heavy (non-hydrogen) atoms. The minimum atomic E-state index is 0.503. The predicted octanol–water partition coefficient (Wildman–Crippen LogP) is 2.23. The monoisotopic (exact) mass is 244 g/mol. The number of nitrogens with two attached hydrogens (primary N) is 1. The van der Waals surface area contributed by atoms with Crippen molar-refractivity contribution in [2.24, 2.45) is 0 Å². The van der Waals surface area contributed by atoms with Crippen molar-refractivity contribution in [2.45, 2.75) is 6.54 Å². The van der Waals surface area contributed by atoms with Gasteiger partial charge in [-0.3, -0.25) is 0 Å². The third-order valence-corrected chi connectivity index (χ3v) is 3.10. The Morgan fingerprint density at radius 1 is 1.59 bits per heavy atom. The summed E-state index contributed by atoms with van der Waals surface area (Å²) in [6, 6.07) is 5.82. The molecule has 0 amide bonds. The van der Waals surface area contributed by atoms with Crippen LogP contribution in [0.25, 0.3) is 0 Å². The zero-order chi connectivity index (χ0) is 12.3. The molecule has 2 heterocycles. The lowest BCUT2D eigenvalue weighted by Gasteiger charge is -2.18. The Kier molecular flexibility index (Phi) is 3.26. The molecule has 5 heteroatoms. The summed E-state index contributed by atoms with van der Waals surface area (Å²) in [4.78, 5) is 6.16. The van der Waals surface area contributed by atoms with E-state index in [4.69, 9.17) is 11.0 Å². The Morgan fingerprint density at radius 3 is 3.06 bits per heavy atom. The van der Waals surface area contributed by atoms with Crippen LogP contribution >= 0.6 is 11.3 Å². The zero-order valence-electron chi connectivity index (χ0n) is 9.42. The molecule has 2 aromatic heterocycles. The molecule has 0 spiro atoms. The molecule has 0 aromatic carbocycles. The molecule has 0 saturated heterocycles. The largest absolute Gasteiger partial charge is 0.397 e. The van der Waals surface area contributed by atoms with Gasteiger partial charge in [0.15, 0.2) is 0 Å². The molecule has 0 atom stereocenters. The van der Waals surface area contributed by atoms with Crippen molar-refractivity contribution >= 4 is 22.8 Å². The van der Waals surface area contributed by atoms with E-state index in [2.05, 4.69) is 22.5 Å². The Hall–Kier alpha value is -2.06. The van der Waals surface area contributed by atoms with Gasteiger partial charge in [0.25, 0.3) is 0 Å². The number of nitriles is 1. The Bertz CT molecular complexity index is 542. The van der Waals surface area contributed by atoms with E-state index in [-0.39, 0.29) is 0 Å². The summed E-state index contributed by atoms with van der Waals surface area (Å²) < 4.78 is 0. The van der Waals surface area contributed by atoms with Crippen LogP contribution in [0.5, 0.6) is 0 Å². The van der Waals surface area contributed by atoms with E-state index < -0.39 is 0 Å². The molecule has 0 aliphatic carbocycles. The van der Waals surface area contributed by atoms with E-state index in [0.717, 1.165) is 6.54 Å². The number of pyridine rings is 1. The number of hydrogen-bond donors (Lipinski definition) is 1. The summed E-state index contributed by atoms with van der Waals surface area (Å²) in [5, 5.41) is 13.2. The maximum atomic E-state index is 9.05. The van der Waals surface area contributed by atoms with Gasteiger partial charge in [0, 0.05) is 13.6 Å². The molecule has 2 N–H and O–H groups in total. The predicted molar refractivity (Wildman–Crippen MR) is 69.8 cm³/mol. The number of anilines is 2. The molecule has 2 rings (SSSR count). The summed E-state index contributed by atoms with van der Waals surface area (Å²) in [5.41, 5.74) is 7.83. The molecule has 0 fully saturated rings. The van der Waals surface area contributed by atoms with Crippen LogP contribution in [0.2, 0.25) is 0 Å². The van der Waals surface area contributed by atoms with E-state index in [9.17, 15) is 0 Å². The fraction of sp³-hybridized carbons (Fsp3) is 0.167. The van der Waals surface area contributed by atoms with E-state index in [1.807, 2.05) is 17.3 Å². The Balaban J connectivity index is 2.25. The lowest BCUT2D eigenvalue weighted by molar-refractivity contribution is 0.899. The molecular formula is C12H12N4S. The second kappa shape index (κ2) is 4.85. The normalized spacial score (nSPS) is 9.88. The van der Waals surface area contributed by atoms with Crippen LogP contribution in [0.3, 0.4) is 0 Å². The van der Waals surface area contributed by atoms with Crippen LogP contribution in [0.15, 0.2) is 29.1 Å². The number of thiophene rings is 1. The van der Waals surface area contributed by atoms with Crippen molar-refractivity contribution < 1.29 is 0 Å². The average Bonchev–Trinajstić information content (AvgIpc) is 2.81. The quantitative estimate of drug-likeness (QED) is 0.899. The lowest BCUT2D eigenvalue weighted by atomic mass is 10.2. The second-order valence-corrected chi connectivity index (χ2v) is 4.52. The van der Waals surface area contributed by atoms with Crippen molar-refractivity contribution in [3.8, 4) is 6.07 Å². The van der Waals surface area contributed by atoms with Gasteiger partial charge in [0.05, 0.1) is 17.4 Å². The first-order valence-corrected chi connectivity index (χ1v) is 6.03. The van der Waals surface area contributed by atoms with Gasteiger partial charge in [-0.2, -0.15) is 16.6 Å². The Morgan fingerprint density at radius 2 is 2.41 bits per heavy atom. The number of nitrogens with zero attached hydrogens (tertiary/aromatic N) is 3. The topological polar surface area (TPSA) is 65.9 Å². The molecule has 2 aromatic rings. The molecule has 0 radical (unpaired) electrons. The highest BCUT2D eigenvalue weighted by Crippen LogP contribution is 2.20. The van der Waals surface area contributed by atoms with Gasteiger partial charge in [-0.25, -0.2) is 4.98 Å². The standard InChI is InChI=1S/C12H12N4S/c1-16(7-9-2-3-17-8-9)12-10(5-13)4-11(14)6-15-12/h2-4,6,8H,7,14H2,1H3. The first-order valence-electron chi connectivity index (χ1n) is 5.08. The van der Waals surface area contributed by atoms with Crippen LogP contribution in [-0.2, 0) is 6.54 Å². The van der Waals surface area contributed by atoms with Crippen molar-refractivity contribution in [1.82, 2.24) is 4.98 Å². The van der Waals surface area contributed by atoms with E-state index in [1.165, 1.54) is 5.56 Å². The molecule has 0 saturated carbocycles. The molecule has 0 unspecified atom stereocenters. The highest BCUT2D eigenvalue weighted by molar-refractivity contribution is 7.07. The molecule has 0 aliphatic rings. The van der Waals surface area contributed by atoms with Gasteiger partial charge in [0.1, 0.15) is 11.9 Å². The maximum absolute atomic E-state index is 9.05. The summed E-state index contributed by atoms with van der Waals surface area (Å²) in [6.07, 6.45) is 1.57. The number of aromatic nitrogens is 1. The molecule has 86 valence electrons. The van der Waals surface area contributed by atoms with Crippen LogP contribution < -0.4 is 10.6 Å². The SMILES string of the molecule is CN(Cc1ccsc1)c1ncc(N)cc1C#N. The van der Waals surface area contributed by atoms with Gasteiger partial charge >= 0.3 is 0 Å². The summed E-state index contributed by atoms with van der Waals surface area (Å²) in [5.74, 6) is 0.660. The second-order valence-electron chi connectivity index (χ2n) is 3.74. The summed E-state index contributed by atoms with van der Waals surface area (Å²) in [7, 11) is 1.91.